The third kappa shape index (κ3) is 4.69. The van der Waals surface area contributed by atoms with Gasteiger partial charge in [-0.2, -0.15) is 0 Å². The van der Waals surface area contributed by atoms with Crippen molar-refractivity contribution in [3.63, 3.8) is 0 Å². The van der Waals surface area contributed by atoms with Crippen molar-refractivity contribution in [1.29, 1.82) is 0 Å². The highest BCUT2D eigenvalue weighted by molar-refractivity contribution is 6.29. The summed E-state index contributed by atoms with van der Waals surface area (Å²) in [5.41, 5.74) is 5.25. The van der Waals surface area contributed by atoms with Crippen molar-refractivity contribution in [2.45, 2.75) is 20.3 Å². The highest BCUT2D eigenvalue weighted by Crippen LogP contribution is 2.07. The number of halogens is 2. The van der Waals surface area contributed by atoms with E-state index in [1.165, 1.54) is 5.54 Å². The molecule has 0 saturated carbocycles. The minimum absolute atomic E-state index is 0.753. The molecule has 0 aliphatic rings. The van der Waals surface area contributed by atoms with E-state index >= 15 is 0 Å². The lowest BCUT2D eigenvalue weighted by molar-refractivity contribution is 1.15. The molecule has 10 heavy (non-hydrogen) atoms. The lowest BCUT2D eigenvalue weighted by Crippen LogP contribution is -1.70. The van der Waals surface area contributed by atoms with Crippen LogP contribution in [-0.2, 0) is 0 Å². The molecular weight excluding hydrogens is 167 g/mol. The Bertz CT molecular complexity index is 179. The molecule has 0 radical (unpaired) electrons. The second-order valence-corrected chi connectivity index (χ2v) is 2.68. The van der Waals surface area contributed by atoms with Gasteiger partial charge in [0.1, 0.15) is 0 Å². The maximum Gasteiger partial charge on any atom is 0.0465 e. The SMILES string of the molecule is CCC(=C=CCl)C=C(C)Cl. The molecule has 0 amide bonds. The van der Waals surface area contributed by atoms with Crippen molar-refractivity contribution in [2.75, 3.05) is 0 Å². The lowest BCUT2D eigenvalue weighted by Gasteiger charge is -1.90. The normalized spacial score (nSPS) is 10.6. The Balaban J connectivity index is 4.40. The molecule has 0 aliphatic heterocycles. The van der Waals surface area contributed by atoms with Crippen LogP contribution in [0.25, 0.3) is 0 Å². The van der Waals surface area contributed by atoms with Gasteiger partial charge >= 0.3 is 0 Å². The van der Waals surface area contributed by atoms with Crippen molar-refractivity contribution in [3.05, 3.63) is 27.9 Å². The molecule has 56 valence electrons. The minimum Gasteiger partial charge on any atom is -0.105 e. The third-order valence-electron chi connectivity index (χ3n) is 0.994. The fourth-order valence-corrected chi connectivity index (χ4v) is 0.828. The van der Waals surface area contributed by atoms with Crippen LogP contribution in [0.2, 0.25) is 0 Å². The molecule has 0 N–H and O–H groups in total. The monoisotopic (exact) mass is 176 g/mol. The van der Waals surface area contributed by atoms with Gasteiger partial charge in [-0.25, -0.2) is 0 Å². The molecule has 2 heteroatoms. The predicted molar refractivity (Wildman–Crippen MR) is 47.4 cm³/mol. The number of rotatable bonds is 2. The second kappa shape index (κ2) is 5.61. The molecule has 0 spiro atoms. The first-order valence-electron chi connectivity index (χ1n) is 3.08. The number of hydrogen-bond donors (Lipinski definition) is 0. The maximum atomic E-state index is 5.63. The topological polar surface area (TPSA) is 0 Å². The quantitative estimate of drug-likeness (QED) is 0.444. The van der Waals surface area contributed by atoms with E-state index in [9.17, 15) is 0 Å². The largest absolute Gasteiger partial charge is 0.105 e. The Morgan fingerprint density at radius 2 is 2.20 bits per heavy atom. The Labute approximate surface area is 71.8 Å². The molecule has 0 saturated heterocycles. The van der Waals surface area contributed by atoms with Crippen molar-refractivity contribution in [2.24, 2.45) is 0 Å². The second-order valence-electron chi connectivity index (χ2n) is 1.86. The average molecular weight is 177 g/mol. The first kappa shape index (κ1) is 9.84. The molecule has 0 fully saturated rings. The molecule has 0 rings (SSSR count). The van der Waals surface area contributed by atoms with Crippen LogP contribution in [0.1, 0.15) is 20.3 Å². The summed E-state index contributed by atoms with van der Waals surface area (Å²) < 4.78 is 0. The predicted octanol–water partition coefficient (Wildman–Crippen LogP) is 3.82. The van der Waals surface area contributed by atoms with Gasteiger partial charge in [-0.3, -0.25) is 0 Å². The fraction of sp³-hybridized carbons (Fsp3) is 0.375. The van der Waals surface area contributed by atoms with E-state index < -0.39 is 0 Å². The molecule has 0 aromatic rings. The van der Waals surface area contributed by atoms with E-state index in [1.54, 1.807) is 0 Å². The number of allylic oxidation sites excluding steroid dienone is 3. The Hall–Kier alpha value is -0.160. The van der Waals surface area contributed by atoms with Gasteiger partial charge < -0.3 is 0 Å². The van der Waals surface area contributed by atoms with Crippen LogP contribution in [0.5, 0.6) is 0 Å². The van der Waals surface area contributed by atoms with E-state index in [0.717, 1.165) is 17.0 Å². The van der Waals surface area contributed by atoms with E-state index in [4.69, 9.17) is 23.2 Å². The van der Waals surface area contributed by atoms with Gasteiger partial charge in [0.05, 0.1) is 0 Å². The van der Waals surface area contributed by atoms with Gasteiger partial charge in [0, 0.05) is 10.6 Å². The fourth-order valence-electron chi connectivity index (χ4n) is 0.556. The van der Waals surface area contributed by atoms with Gasteiger partial charge in [-0.1, -0.05) is 30.1 Å². The molecule has 0 nitrogen and oxygen atoms in total. The Kier molecular flexibility index (Phi) is 5.52. The van der Waals surface area contributed by atoms with E-state index in [2.05, 4.69) is 5.73 Å². The molecular formula is C8H10Cl2. The van der Waals surface area contributed by atoms with Crippen molar-refractivity contribution >= 4 is 23.2 Å². The van der Waals surface area contributed by atoms with Crippen LogP contribution in [0.3, 0.4) is 0 Å². The summed E-state index contributed by atoms with van der Waals surface area (Å²) in [6, 6.07) is 0. The number of hydrogen-bond acceptors (Lipinski definition) is 0. The summed E-state index contributed by atoms with van der Waals surface area (Å²) in [4.78, 5) is 0. The van der Waals surface area contributed by atoms with Gasteiger partial charge in [-0.15, -0.1) is 5.73 Å². The summed E-state index contributed by atoms with van der Waals surface area (Å²) in [6.45, 7) is 3.85. The van der Waals surface area contributed by atoms with Gasteiger partial charge in [0.15, 0.2) is 0 Å². The molecule has 0 aliphatic carbocycles. The van der Waals surface area contributed by atoms with Crippen LogP contribution in [0.15, 0.2) is 27.9 Å². The first-order chi connectivity index (χ1) is 4.70. The molecule has 0 aromatic heterocycles. The van der Waals surface area contributed by atoms with E-state index in [-0.39, 0.29) is 0 Å². The summed E-state index contributed by atoms with van der Waals surface area (Å²) in [5, 5.41) is 0.753. The first-order valence-corrected chi connectivity index (χ1v) is 3.90. The maximum absolute atomic E-state index is 5.63. The highest BCUT2D eigenvalue weighted by atomic mass is 35.5. The van der Waals surface area contributed by atoms with Gasteiger partial charge in [0.25, 0.3) is 0 Å². The average Bonchev–Trinajstić information content (AvgIpc) is 1.86. The van der Waals surface area contributed by atoms with Crippen molar-refractivity contribution in [3.8, 4) is 0 Å². The van der Waals surface area contributed by atoms with Gasteiger partial charge in [0.2, 0.25) is 0 Å². The van der Waals surface area contributed by atoms with Crippen LogP contribution >= 0.6 is 23.2 Å². The van der Waals surface area contributed by atoms with Crippen LogP contribution in [0.4, 0.5) is 0 Å². The van der Waals surface area contributed by atoms with Crippen LogP contribution < -0.4 is 0 Å². The summed E-state index contributed by atoms with van der Waals surface area (Å²) in [7, 11) is 0. The summed E-state index contributed by atoms with van der Waals surface area (Å²) in [5.74, 6) is 0. The molecule has 0 heterocycles. The van der Waals surface area contributed by atoms with E-state index in [1.807, 2.05) is 19.9 Å². The summed E-state index contributed by atoms with van der Waals surface area (Å²) >= 11 is 11.0. The zero-order valence-electron chi connectivity index (χ0n) is 6.12. The molecule has 0 bridgehead atoms. The van der Waals surface area contributed by atoms with Crippen LogP contribution in [-0.4, -0.2) is 0 Å². The highest BCUT2D eigenvalue weighted by Gasteiger charge is 1.86. The van der Waals surface area contributed by atoms with Crippen LogP contribution in [0, 0.1) is 0 Å². The summed E-state index contributed by atoms with van der Waals surface area (Å²) in [6.07, 6.45) is 2.74. The third-order valence-corrected chi connectivity index (χ3v) is 1.21. The van der Waals surface area contributed by atoms with E-state index in [0.29, 0.717) is 0 Å². The Morgan fingerprint density at radius 3 is 2.50 bits per heavy atom. The van der Waals surface area contributed by atoms with Gasteiger partial charge in [-0.05, 0) is 25.0 Å². The molecule has 0 unspecified atom stereocenters. The minimum atomic E-state index is 0.753. The zero-order chi connectivity index (χ0) is 7.98. The Morgan fingerprint density at radius 1 is 1.60 bits per heavy atom. The van der Waals surface area contributed by atoms with Crippen molar-refractivity contribution < 1.29 is 0 Å². The lowest BCUT2D eigenvalue weighted by atomic mass is 10.2. The standard InChI is InChI=1S/C8H10Cl2/c1-3-8(4-5-9)6-7(2)10/h5-6H,3H2,1-2H3. The zero-order valence-corrected chi connectivity index (χ0v) is 7.63. The smallest absolute Gasteiger partial charge is 0.0465 e. The molecule has 0 atom stereocenters. The molecule has 0 aromatic carbocycles. The van der Waals surface area contributed by atoms with Crippen molar-refractivity contribution in [1.82, 2.24) is 0 Å².